The van der Waals surface area contributed by atoms with E-state index in [4.69, 9.17) is 0 Å². The first-order valence-electron chi connectivity index (χ1n) is 8.40. The van der Waals surface area contributed by atoms with Crippen molar-refractivity contribution in [2.45, 2.75) is 37.9 Å². The van der Waals surface area contributed by atoms with Gasteiger partial charge in [0.15, 0.2) is 0 Å². The molecule has 134 valence electrons. The van der Waals surface area contributed by atoms with E-state index in [2.05, 4.69) is 16.0 Å². The van der Waals surface area contributed by atoms with Crippen LogP contribution in [0, 0.1) is 0 Å². The molecule has 0 saturated carbocycles. The third-order valence-corrected chi connectivity index (χ3v) is 4.61. The molecule has 0 bridgehead atoms. The number of aryl methyl sites for hydroxylation is 1. The number of nitrogens with zero attached hydrogens (tertiary/aromatic N) is 1. The Morgan fingerprint density at radius 2 is 2.20 bits per heavy atom. The quantitative estimate of drug-likeness (QED) is 0.607. The minimum absolute atomic E-state index is 0.260. The summed E-state index contributed by atoms with van der Waals surface area (Å²) >= 11 is 0. The minimum atomic E-state index is -0.895. The molecule has 25 heavy (non-hydrogen) atoms. The van der Waals surface area contributed by atoms with Crippen molar-refractivity contribution in [2.75, 3.05) is 18.5 Å². The van der Waals surface area contributed by atoms with Crippen molar-refractivity contribution in [3.63, 3.8) is 0 Å². The van der Waals surface area contributed by atoms with E-state index in [0.29, 0.717) is 12.1 Å². The van der Waals surface area contributed by atoms with Crippen LogP contribution < -0.4 is 16.0 Å². The highest BCUT2D eigenvalue weighted by Gasteiger charge is 2.46. The van der Waals surface area contributed by atoms with Gasteiger partial charge in [0.25, 0.3) is 0 Å². The molecule has 4 N–H and O–H groups in total. The Morgan fingerprint density at radius 3 is 2.92 bits per heavy atom. The average molecular weight is 346 g/mol. The molecule has 0 radical (unpaired) electrons. The van der Waals surface area contributed by atoms with Gasteiger partial charge in [0.2, 0.25) is 11.8 Å². The number of fused-ring (bicyclic) bond motifs is 1. The Balaban J connectivity index is 1.60. The van der Waals surface area contributed by atoms with Gasteiger partial charge >= 0.3 is 6.03 Å². The predicted molar refractivity (Wildman–Crippen MR) is 90.9 cm³/mol. The molecule has 2 heterocycles. The molecule has 0 aliphatic carbocycles. The summed E-state index contributed by atoms with van der Waals surface area (Å²) in [6, 6.07) is 5.40. The van der Waals surface area contributed by atoms with Gasteiger partial charge in [0, 0.05) is 12.2 Å². The number of carbonyl (C=O) groups excluding carboxylic acids is 3. The van der Waals surface area contributed by atoms with Gasteiger partial charge in [-0.25, -0.2) is 4.79 Å². The molecule has 0 aromatic heterocycles. The maximum Gasteiger partial charge on any atom is 0.319 e. The van der Waals surface area contributed by atoms with Crippen LogP contribution in [0.4, 0.5) is 10.5 Å². The second-order valence-corrected chi connectivity index (χ2v) is 6.34. The number of anilines is 1. The summed E-state index contributed by atoms with van der Waals surface area (Å²) in [6.07, 6.45) is 1.23. The average Bonchev–Trinajstić information content (AvgIpc) is 3.02. The number of amides is 4. The third-order valence-electron chi connectivity index (χ3n) is 4.61. The van der Waals surface area contributed by atoms with Gasteiger partial charge in [0.1, 0.15) is 12.1 Å². The summed E-state index contributed by atoms with van der Waals surface area (Å²) in [4.78, 5) is 37.9. The molecular weight excluding hydrogens is 324 g/mol. The van der Waals surface area contributed by atoms with Crippen LogP contribution in [0.1, 0.15) is 18.9 Å². The van der Waals surface area contributed by atoms with Crippen molar-refractivity contribution in [1.82, 2.24) is 15.5 Å². The van der Waals surface area contributed by atoms with Crippen molar-refractivity contribution in [3.05, 3.63) is 29.8 Å². The summed E-state index contributed by atoms with van der Waals surface area (Å²) in [5, 5.41) is 17.3. The number of hydrogen-bond acceptors (Lipinski definition) is 4. The molecule has 3 rings (SSSR count). The molecule has 2 fully saturated rings. The Morgan fingerprint density at radius 1 is 1.40 bits per heavy atom. The van der Waals surface area contributed by atoms with Crippen LogP contribution >= 0.6 is 0 Å². The highest BCUT2D eigenvalue weighted by Crippen LogP contribution is 2.22. The Labute approximate surface area is 145 Å². The lowest BCUT2D eigenvalue weighted by molar-refractivity contribution is -0.148. The number of hydrogen-bond donors (Lipinski definition) is 4. The number of benzene rings is 1. The Bertz CT molecular complexity index is 693. The van der Waals surface area contributed by atoms with E-state index >= 15 is 0 Å². The van der Waals surface area contributed by atoms with Crippen molar-refractivity contribution in [1.29, 1.82) is 0 Å². The van der Waals surface area contributed by atoms with E-state index in [9.17, 15) is 19.5 Å². The number of aliphatic hydroxyl groups is 1. The van der Waals surface area contributed by atoms with Crippen LogP contribution in [0.5, 0.6) is 0 Å². The SMILES string of the molecule is CCc1cccc(NC(=O)N[C@H]2C[C@H]3C(=O)N[C@@H](CO)C(=O)N3C2)c1. The highest BCUT2D eigenvalue weighted by atomic mass is 16.3. The standard InChI is InChI=1S/C17H22N4O4/c1-2-10-4-3-5-11(6-10)18-17(25)19-12-7-14-15(23)20-13(9-22)16(24)21(14)8-12/h3-6,12-14,22H,2,7-9H2,1H3,(H,20,23)(H2,18,19,25)/t12-,13-,14-/m0/s1. The van der Waals surface area contributed by atoms with E-state index in [-0.39, 0.29) is 30.4 Å². The summed E-state index contributed by atoms with van der Waals surface area (Å²) in [5.41, 5.74) is 1.81. The van der Waals surface area contributed by atoms with E-state index in [1.54, 1.807) is 6.07 Å². The zero-order valence-electron chi connectivity index (χ0n) is 14.0. The molecule has 2 aliphatic rings. The fourth-order valence-electron chi connectivity index (χ4n) is 3.31. The zero-order chi connectivity index (χ0) is 18.0. The van der Waals surface area contributed by atoms with Gasteiger partial charge in [-0.3, -0.25) is 9.59 Å². The highest BCUT2D eigenvalue weighted by molar-refractivity contribution is 5.98. The maximum atomic E-state index is 12.2. The lowest BCUT2D eigenvalue weighted by Crippen LogP contribution is -2.62. The first-order valence-corrected chi connectivity index (χ1v) is 8.40. The third kappa shape index (κ3) is 3.58. The molecule has 8 nitrogen and oxygen atoms in total. The second kappa shape index (κ2) is 7.10. The fourth-order valence-corrected chi connectivity index (χ4v) is 3.31. The van der Waals surface area contributed by atoms with Gasteiger partial charge in [-0.15, -0.1) is 0 Å². The van der Waals surface area contributed by atoms with Crippen LogP contribution in [0.25, 0.3) is 0 Å². The fraction of sp³-hybridized carbons (Fsp3) is 0.471. The lowest BCUT2D eigenvalue weighted by atomic mass is 10.1. The summed E-state index contributed by atoms with van der Waals surface area (Å²) in [7, 11) is 0. The molecule has 1 aromatic rings. The first-order chi connectivity index (χ1) is 12.0. The van der Waals surface area contributed by atoms with Crippen molar-refractivity contribution >= 4 is 23.5 Å². The van der Waals surface area contributed by atoms with Gasteiger partial charge in [-0.1, -0.05) is 19.1 Å². The second-order valence-electron chi connectivity index (χ2n) is 6.34. The zero-order valence-corrected chi connectivity index (χ0v) is 14.0. The molecule has 3 atom stereocenters. The molecule has 0 unspecified atom stereocenters. The van der Waals surface area contributed by atoms with Crippen molar-refractivity contribution < 1.29 is 19.5 Å². The maximum absolute atomic E-state index is 12.2. The van der Waals surface area contributed by atoms with E-state index in [0.717, 1.165) is 12.0 Å². The van der Waals surface area contributed by atoms with Crippen LogP contribution in [0.3, 0.4) is 0 Å². The molecule has 2 saturated heterocycles. The van der Waals surface area contributed by atoms with Crippen LogP contribution in [-0.4, -0.2) is 59.1 Å². The van der Waals surface area contributed by atoms with Crippen LogP contribution in [0.15, 0.2) is 24.3 Å². The smallest absolute Gasteiger partial charge is 0.319 e. The molecule has 8 heteroatoms. The van der Waals surface area contributed by atoms with Gasteiger partial charge < -0.3 is 26.0 Å². The van der Waals surface area contributed by atoms with Gasteiger partial charge in [-0.2, -0.15) is 0 Å². The van der Waals surface area contributed by atoms with E-state index in [1.807, 2.05) is 25.1 Å². The number of nitrogens with one attached hydrogen (secondary N) is 3. The predicted octanol–water partition coefficient (Wildman–Crippen LogP) is -0.169. The van der Waals surface area contributed by atoms with E-state index in [1.165, 1.54) is 4.90 Å². The number of urea groups is 1. The normalized spacial score (nSPS) is 25.4. The monoisotopic (exact) mass is 346 g/mol. The summed E-state index contributed by atoms with van der Waals surface area (Å²) in [6.45, 7) is 1.87. The molecule has 1 aromatic carbocycles. The largest absolute Gasteiger partial charge is 0.394 e. The van der Waals surface area contributed by atoms with Gasteiger partial charge in [0.05, 0.1) is 12.6 Å². The lowest BCUT2D eigenvalue weighted by Gasteiger charge is -2.33. The summed E-state index contributed by atoms with van der Waals surface area (Å²) in [5.74, 6) is -0.605. The topological polar surface area (TPSA) is 111 Å². The molecule has 4 amide bonds. The van der Waals surface area contributed by atoms with Crippen LogP contribution in [0.2, 0.25) is 0 Å². The molecular formula is C17H22N4O4. The van der Waals surface area contributed by atoms with Gasteiger partial charge in [-0.05, 0) is 30.5 Å². The minimum Gasteiger partial charge on any atom is -0.394 e. The van der Waals surface area contributed by atoms with E-state index < -0.39 is 18.7 Å². The van der Waals surface area contributed by atoms with Crippen LogP contribution in [-0.2, 0) is 16.0 Å². The number of piperazine rings is 1. The number of carbonyl (C=O) groups is 3. The number of rotatable bonds is 4. The first kappa shape index (κ1) is 17.2. The molecule has 0 spiro atoms. The molecule has 2 aliphatic heterocycles. The van der Waals surface area contributed by atoms with Crippen molar-refractivity contribution in [3.8, 4) is 0 Å². The number of aliphatic hydroxyl groups excluding tert-OH is 1. The Kier molecular flexibility index (Phi) is 4.89. The Hall–Kier alpha value is -2.61. The summed E-state index contributed by atoms with van der Waals surface area (Å²) < 4.78 is 0. The van der Waals surface area contributed by atoms with Crippen molar-refractivity contribution in [2.24, 2.45) is 0 Å².